The number of anilines is 1. The summed E-state index contributed by atoms with van der Waals surface area (Å²) in [6.07, 6.45) is 0. The average molecular weight is 403 g/mol. The molecule has 1 aromatic carbocycles. The van der Waals surface area contributed by atoms with Gasteiger partial charge in [0, 0.05) is 10.4 Å². The van der Waals surface area contributed by atoms with E-state index in [1.165, 1.54) is 22.5 Å². The number of thiazole rings is 1. The smallest absolute Gasteiger partial charge is 0.255 e. The molecule has 0 aliphatic rings. The molecule has 2 aromatic heterocycles. The van der Waals surface area contributed by atoms with Gasteiger partial charge < -0.3 is 15.4 Å². The van der Waals surface area contributed by atoms with Crippen molar-refractivity contribution < 1.29 is 9.90 Å². The highest BCUT2D eigenvalue weighted by molar-refractivity contribution is 7.99. The second-order valence-electron chi connectivity index (χ2n) is 5.97. The molecule has 3 aromatic rings. The Labute approximate surface area is 163 Å². The minimum Gasteiger partial charge on any atom is -0.493 e. The van der Waals surface area contributed by atoms with Crippen molar-refractivity contribution in [2.45, 2.75) is 25.9 Å². The van der Waals surface area contributed by atoms with Gasteiger partial charge in [-0.3, -0.25) is 9.59 Å². The number of aromatic hydroxyl groups is 1. The van der Waals surface area contributed by atoms with Crippen LogP contribution < -0.4 is 10.9 Å². The van der Waals surface area contributed by atoms with E-state index in [4.69, 9.17) is 0 Å². The van der Waals surface area contributed by atoms with Crippen molar-refractivity contribution in [1.82, 2.24) is 15.0 Å². The van der Waals surface area contributed by atoms with Gasteiger partial charge in [0.15, 0.2) is 10.3 Å². The Balaban J connectivity index is 1.68. The molecule has 0 radical (unpaired) electrons. The molecular formula is C18H18N4O3S2. The van der Waals surface area contributed by atoms with Gasteiger partial charge in [-0.15, -0.1) is 11.3 Å². The first kappa shape index (κ1) is 19.1. The molecule has 0 atom stereocenters. The summed E-state index contributed by atoms with van der Waals surface area (Å²) in [5.74, 6) is -0.620. The van der Waals surface area contributed by atoms with E-state index in [1.54, 1.807) is 0 Å². The predicted octanol–water partition coefficient (Wildman–Crippen LogP) is 3.26. The molecule has 0 unspecified atom stereocenters. The minimum atomic E-state index is -0.473. The number of thioether (sulfide) groups is 1. The van der Waals surface area contributed by atoms with Crippen molar-refractivity contribution in [1.29, 1.82) is 0 Å². The molecule has 0 aliphatic heterocycles. The molecule has 0 saturated carbocycles. The van der Waals surface area contributed by atoms with Gasteiger partial charge in [-0.1, -0.05) is 23.9 Å². The molecule has 140 valence electrons. The second-order valence-corrected chi connectivity index (χ2v) is 8.14. The van der Waals surface area contributed by atoms with Crippen LogP contribution >= 0.6 is 23.1 Å². The Morgan fingerprint density at radius 1 is 1.22 bits per heavy atom. The average Bonchev–Trinajstić information content (AvgIpc) is 2.95. The normalized spacial score (nSPS) is 10.8. The van der Waals surface area contributed by atoms with E-state index in [9.17, 15) is 14.7 Å². The molecule has 3 rings (SSSR count). The number of aromatic nitrogens is 3. The molecule has 0 saturated heterocycles. The summed E-state index contributed by atoms with van der Waals surface area (Å²) >= 11 is 2.43. The molecule has 0 aliphatic carbocycles. The fourth-order valence-electron chi connectivity index (χ4n) is 2.39. The van der Waals surface area contributed by atoms with Gasteiger partial charge in [-0.2, -0.15) is 4.98 Å². The van der Waals surface area contributed by atoms with Crippen molar-refractivity contribution in [3.63, 3.8) is 0 Å². The second kappa shape index (κ2) is 7.93. The van der Waals surface area contributed by atoms with Gasteiger partial charge in [0.25, 0.3) is 5.56 Å². The zero-order valence-electron chi connectivity index (χ0n) is 15.0. The number of rotatable bonds is 5. The van der Waals surface area contributed by atoms with Gasteiger partial charge in [0.1, 0.15) is 0 Å². The quantitative estimate of drug-likeness (QED) is 0.447. The molecule has 0 fully saturated rings. The molecule has 0 spiro atoms. The Kier molecular flexibility index (Phi) is 5.62. The third kappa shape index (κ3) is 4.75. The van der Waals surface area contributed by atoms with Crippen molar-refractivity contribution in [2.24, 2.45) is 0 Å². The van der Waals surface area contributed by atoms with Crippen LogP contribution in [0.3, 0.4) is 0 Å². The minimum absolute atomic E-state index is 0.0317. The van der Waals surface area contributed by atoms with Crippen molar-refractivity contribution >= 4 is 34.1 Å². The third-order valence-corrected chi connectivity index (χ3v) is 5.63. The van der Waals surface area contributed by atoms with Crippen LogP contribution in [0.15, 0.2) is 34.2 Å². The number of nitrogens with zero attached hydrogens (tertiary/aromatic N) is 2. The van der Waals surface area contributed by atoms with Crippen molar-refractivity contribution in [3.05, 3.63) is 50.6 Å². The first-order chi connectivity index (χ1) is 12.8. The first-order valence-electron chi connectivity index (χ1n) is 8.10. The molecule has 27 heavy (non-hydrogen) atoms. The van der Waals surface area contributed by atoms with Gasteiger partial charge >= 0.3 is 0 Å². The van der Waals surface area contributed by atoms with E-state index >= 15 is 0 Å². The molecular weight excluding hydrogens is 384 g/mol. The Hall–Kier alpha value is -2.65. The summed E-state index contributed by atoms with van der Waals surface area (Å²) < 4.78 is 0. The maximum Gasteiger partial charge on any atom is 0.255 e. The largest absolute Gasteiger partial charge is 0.493 e. The number of nitrogens with one attached hydrogen (secondary N) is 2. The number of hydrogen-bond acceptors (Lipinski definition) is 7. The Morgan fingerprint density at radius 3 is 2.70 bits per heavy atom. The molecule has 1 amide bonds. The molecule has 3 N–H and O–H groups in total. The number of aryl methyl sites for hydroxylation is 3. The van der Waals surface area contributed by atoms with Gasteiger partial charge in [-0.05, 0) is 38.0 Å². The molecule has 2 heterocycles. The van der Waals surface area contributed by atoms with E-state index in [2.05, 4.69) is 46.2 Å². The molecule has 0 bridgehead atoms. The Bertz CT molecular complexity index is 1060. The van der Waals surface area contributed by atoms with Crippen molar-refractivity contribution in [2.75, 3.05) is 11.1 Å². The number of amides is 1. The lowest BCUT2D eigenvalue weighted by atomic mass is 10.0. The van der Waals surface area contributed by atoms with Crippen LogP contribution in [0.4, 0.5) is 5.13 Å². The number of aromatic amines is 1. The maximum atomic E-state index is 12.2. The van der Waals surface area contributed by atoms with Gasteiger partial charge in [0.2, 0.25) is 11.8 Å². The van der Waals surface area contributed by atoms with Crippen LogP contribution in [0.1, 0.15) is 16.0 Å². The monoisotopic (exact) mass is 402 g/mol. The summed E-state index contributed by atoms with van der Waals surface area (Å²) in [4.78, 5) is 35.2. The van der Waals surface area contributed by atoms with Crippen LogP contribution in [-0.4, -0.2) is 31.7 Å². The highest BCUT2D eigenvalue weighted by Gasteiger charge is 2.13. The predicted molar refractivity (Wildman–Crippen MR) is 108 cm³/mol. The Morgan fingerprint density at radius 2 is 2.00 bits per heavy atom. The number of H-pyrrole nitrogens is 1. The third-order valence-electron chi connectivity index (χ3n) is 3.87. The van der Waals surface area contributed by atoms with E-state index in [0.717, 1.165) is 34.0 Å². The van der Waals surface area contributed by atoms with E-state index in [1.807, 2.05) is 13.0 Å². The van der Waals surface area contributed by atoms with E-state index < -0.39 is 5.56 Å². The van der Waals surface area contributed by atoms with Crippen LogP contribution in [0.5, 0.6) is 5.88 Å². The van der Waals surface area contributed by atoms with Crippen LogP contribution in [0.2, 0.25) is 0 Å². The summed E-state index contributed by atoms with van der Waals surface area (Å²) in [6.45, 7) is 6.08. The molecule has 9 heteroatoms. The number of carbonyl (C=O) groups excluding carboxylic acids is 1. The zero-order chi connectivity index (χ0) is 19.6. The topological polar surface area (TPSA) is 108 Å². The zero-order valence-corrected chi connectivity index (χ0v) is 16.6. The highest BCUT2D eigenvalue weighted by atomic mass is 32.2. The lowest BCUT2D eigenvalue weighted by Gasteiger charge is -2.04. The van der Waals surface area contributed by atoms with Crippen LogP contribution in [0, 0.1) is 20.8 Å². The summed E-state index contributed by atoms with van der Waals surface area (Å²) in [6, 6.07) is 7.14. The summed E-state index contributed by atoms with van der Waals surface area (Å²) in [5, 5.41) is 12.8. The number of hydrogen-bond donors (Lipinski definition) is 3. The first-order valence-corrected chi connectivity index (χ1v) is 9.90. The molecule has 7 nitrogen and oxygen atoms in total. The van der Waals surface area contributed by atoms with Crippen molar-refractivity contribution in [3.8, 4) is 17.1 Å². The number of benzene rings is 1. The van der Waals surface area contributed by atoms with Gasteiger partial charge in [0.05, 0.1) is 17.5 Å². The van der Waals surface area contributed by atoms with E-state index in [0.29, 0.717) is 5.13 Å². The summed E-state index contributed by atoms with van der Waals surface area (Å²) in [7, 11) is 0. The number of carbonyl (C=O) groups is 1. The van der Waals surface area contributed by atoms with Crippen LogP contribution in [0.25, 0.3) is 11.3 Å². The van der Waals surface area contributed by atoms with Gasteiger partial charge in [-0.25, -0.2) is 4.98 Å². The summed E-state index contributed by atoms with van der Waals surface area (Å²) in [5.41, 5.74) is 3.80. The lowest BCUT2D eigenvalue weighted by molar-refractivity contribution is -0.113. The fraction of sp³-hybridized carbons (Fsp3) is 0.222. The lowest BCUT2D eigenvalue weighted by Crippen LogP contribution is -2.15. The highest BCUT2D eigenvalue weighted by Crippen LogP contribution is 2.31. The standard InChI is InChI=1S/C18H18N4O3S2/c1-9-4-5-12(6-10(9)2)16-11(3)27-18(22-16)21-15(25)8-26-17-19-13(23)7-14(24)20-17/h4-7H,8H2,1-3H3,(H,21,22,25)(H2,19,20,23,24). The maximum absolute atomic E-state index is 12.2. The van der Waals surface area contributed by atoms with Crippen LogP contribution in [-0.2, 0) is 4.79 Å². The fourth-order valence-corrected chi connectivity index (χ4v) is 3.91. The SMILES string of the molecule is Cc1ccc(-c2nc(NC(=O)CSc3nc(O)cc(=O)[nH]3)sc2C)cc1C. The van der Waals surface area contributed by atoms with E-state index in [-0.39, 0.29) is 22.7 Å².